The van der Waals surface area contributed by atoms with E-state index in [1.54, 1.807) is 37.6 Å². The predicted molar refractivity (Wildman–Crippen MR) is 124 cm³/mol. The van der Waals surface area contributed by atoms with Crippen molar-refractivity contribution in [2.24, 2.45) is 5.10 Å². The van der Waals surface area contributed by atoms with Crippen molar-refractivity contribution in [2.75, 3.05) is 13.7 Å². The summed E-state index contributed by atoms with van der Waals surface area (Å²) in [6.45, 7) is 2.86. The summed E-state index contributed by atoms with van der Waals surface area (Å²) in [4.78, 5) is 12.4. The van der Waals surface area contributed by atoms with Crippen LogP contribution in [0.5, 0.6) is 17.2 Å². The molecule has 0 fully saturated rings. The van der Waals surface area contributed by atoms with Crippen molar-refractivity contribution in [1.29, 1.82) is 0 Å². The second kappa shape index (κ2) is 11.2. The minimum atomic E-state index is -0.316. The Hall–Kier alpha value is -3.32. The molecule has 0 saturated carbocycles. The number of hydrogen-bond acceptors (Lipinski definition) is 5. The maximum Gasteiger partial charge on any atom is 0.271 e. The van der Waals surface area contributed by atoms with Gasteiger partial charge < -0.3 is 14.2 Å². The van der Waals surface area contributed by atoms with E-state index in [9.17, 15) is 4.79 Å². The lowest BCUT2D eigenvalue weighted by atomic mass is 10.2. The first-order chi connectivity index (χ1) is 15.1. The zero-order valence-electron chi connectivity index (χ0n) is 17.3. The summed E-state index contributed by atoms with van der Waals surface area (Å²) in [6.07, 6.45) is 1.55. The van der Waals surface area contributed by atoms with Gasteiger partial charge in [0.2, 0.25) is 0 Å². The Labute approximate surface area is 190 Å². The minimum absolute atomic E-state index is 0.316. The number of hydrazone groups is 1. The highest BCUT2D eigenvalue weighted by molar-refractivity contribution is 9.10. The smallest absolute Gasteiger partial charge is 0.271 e. The standard InChI is InChI=1S/C24H23BrN2O4/c1-3-30-23-12-9-20(25)14-19(23)15-26-27-24(28)18-7-10-21(11-8-18)31-16-17-5-4-6-22(13-17)29-2/h4-15H,3,16H2,1-2H3,(H,27,28)/b26-15-. The first-order valence-corrected chi connectivity index (χ1v) is 10.5. The average molecular weight is 483 g/mol. The number of rotatable bonds is 9. The highest BCUT2D eigenvalue weighted by atomic mass is 79.9. The Morgan fingerprint density at radius 2 is 1.84 bits per heavy atom. The summed E-state index contributed by atoms with van der Waals surface area (Å²) >= 11 is 3.42. The minimum Gasteiger partial charge on any atom is -0.497 e. The van der Waals surface area contributed by atoms with E-state index in [0.29, 0.717) is 30.3 Å². The topological polar surface area (TPSA) is 69.2 Å². The van der Waals surface area contributed by atoms with Crippen LogP contribution in [0.4, 0.5) is 0 Å². The summed E-state index contributed by atoms with van der Waals surface area (Å²) in [7, 11) is 1.63. The molecule has 0 atom stereocenters. The number of nitrogens with one attached hydrogen (secondary N) is 1. The second-order valence-corrected chi connectivity index (χ2v) is 7.39. The molecule has 0 aliphatic carbocycles. The lowest BCUT2D eigenvalue weighted by molar-refractivity contribution is 0.0955. The third-order valence-corrected chi connectivity index (χ3v) is 4.79. The summed E-state index contributed by atoms with van der Waals surface area (Å²) < 4.78 is 17.5. The molecule has 3 rings (SSSR count). The number of hydrogen-bond donors (Lipinski definition) is 1. The van der Waals surface area contributed by atoms with Gasteiger partial charge in [-0.1, -0.05) is 28.1 Å². The molecule has 1 N–H and O–H groups in total. The fourth-order valence-corrected chi connectivity index (χ4v) is 3.14. The molecule has 160 valence electrons. The number of nitrogens with zero attached hydrogens (tertiary/aromatic N) is 1. The van der Waals surface area contributed by atoms with E-state index in [1.165, 1.54) is 0 Å². The van der Waals surface area contributed by atoms with Gasteiger partial charge in [0.15, 0.2) is 0 Å². The number of halogens is 1. The quantitative estimate of drug-likeness (QED) is 0.336. The van der Waals surface area contributed by atoms with Crippen LogP contribution in [0.15, 0.2) is 76.3 Å². The zero-order valence-corrected chi connectivity index (χ0v) is 18.9. The largest absolute Gasteiger partial charge is 0.497 e. The number of amides is 1. The Kier molecular flexibility index (Phi) is 8.06. The molecule has 0 saturated heterocycles. The van der Waals surface area contributed by atoms with E-state index >= 15 is 0 Å². The van der Waals surface area contributed by atoms with E-state index < -0.39 is 0 Å². The van der Waals surface area contributed by atoms with Crippen LogP contribution in [-0.2, 0) is 6.61 Å². The number of benzene rings is 3. The summed E-state index contributed by atoms with van der Waals surface area (Å²) in [5.74, 6) is 1.83. The van der Waals surface area contributed by atoms with Crippen molar-refractivity contribution in [3.63, 3.8) is 0 Å². The monoisotopic (exact) mass is 482 g/mol. The Morgan fingerprint density at radius 3 is 2.58 bits per heavy atom. The highest BCUT2D eigenvalue weighted by Crippen LogP contribution is 2.22. The molecular weight excluding hydrogens is 460 g/mol. The lowest BCUT2D eigenvalue weighted by Crippen LogP contribution is -2.17. The Bertz CT molecular complexity index is 1050. The van der Waals surface area contributed by atoms with Crippen LogP contribution in [0.3, 0.4) is 0 Å². The van der Waals surface area contributed by atoms with E-state index in [0.717, 1.165) is 21.3 Å². The van der Waals surface area contributed by atoms with Gasteiger partial charge in [0.1, 0.15) is 23.9 Å². The van der Waals surface area contributed by atoms with E-state index in [4.69, 9.17) is 14.2 Å². The van der Waals surface area contributed by atoms with Crippen molar-refractivity contribution in [3.8, 4) is 17.2 Å². The molecule has 0 aliphatic rings. The third-order valence-electron chi connectivity index (χ3n) is 4.30. The van der Waals surface area contributed by atoms with Crippen molar-refractivity contribution in [1.82, 2.24) is 5.43 Å². The van der Waals surface area contributed by atoms with Crippen LogP contribution in [0.1, 0.15) is 28.4 Å². The van der Waals surface area contributed by atoms with Gasteiger partial charge in [0.05, 0.1) is 19.9 Å². The molecule has 0 aliphatic heterocycles. The van der Waals surface area contributed by atoms with Crippen LogP contribution < -0.4 is 19.6 Å². The van der Waals surface area contributed by atoms with Crippen LogP contribution in [0.25, 0.3) is 0 Å². The molecular formula is C24H23BrN2O4. The molecule has 31 heavy (non-hydrogen) atoms. The first kappa shape index (κ1) is 22.4. The molecule has 0 unspecified atom stereocenters. The lowest BCUT2D eigenvalue weighted by Gasteiger charge is -2.08. The average Bonchev–Trinajstić information content (AvgIpc) is 2.80. The number of ether oxygens (including phenoxy) is 3. The molecule has 3 aromatic rings. The second-order valence-electron chi connectivity index (χ2n) is 6.48. The molecule has 0 bridgehead atoms. The SMILES string of the molecule is CCOc1ccc(Br)cc1/C=N\NC(=O)c1ccc(OCc2cccc(OC)c2)cc1. The summed E-state index contributed by atoms with van der Waals surface area (Å²) in [5, 5.41) is 4.05. The van der Waals surface area contributed by atoms with Gasteiger partial charge in [0, 0.05) is 15.6 Å². The third kappa shape index (κ3) is 6.58. The van der Waals surface area contributed by atoms with Crippen LogP contribution in [-0.4, -0.2) is 25.8 Å². The van der Waals surface area contributed by atoms with Crippen molar-refractivity contribution >= 4 is 28.1 Å². The molecule has 3 aromatic carbocycles. The summed E-state index contributed by atoms with van der Waals surface area (Å²) in [5.41, 5.74) is 4.76. The van der Waals surface area contributed by atoms with E-state index in [1.807, 2.05) is 49.4 Å². The van der Waals surface area contributed by atoms with Crippen LogP contribution >= 0.6 is 15.9 Å². The van der Waals surface area contributed by atoms with Gasteiger partial charge in [-0.15, -0.1) is 0 Å². The Balaban J connectivity index is 1.56. The van der Waals surface area contributed by atoms with Gasteiger partial charge in [-0.05, 0) is 67.1 Å². The van der Waals surface area contributed by atoms with Crippen molar-refractivity contribution < 1.29 is 19.0 Å². The Morgan fingerprint density at radius 1 is 1.03 bits per heavy atom. The van der Waals surface area contributed by atoms with Crippen molar-refractivity contribution in [3.05, 3.63) is 87.9 Å². The van der Waals surface area contributed by atoms with Crippen LogP contribution in [0.2, 0.25) is 0 Å². The molecule has 6 nitrogen and oxygen atoms in total. The summed E-state index contributed by atoms with van der Waals surface area (Å²) in [6, 6.07) is 20.2. The molecule has 0 radical (unpaired) electrons. The number of carbonyl (C=O) groups is 1. The maximum absolute atomic E-state index is 12.4. The van der Waals surface area contributed by atoms with E-state index in [2.05, 4.69) is 26.5 Å². The normalized spacial score (nSPS) is 10.7. The molecule has 0 heterocycles. The zero-order chi connectivity index (χ0) is 22.1. The van der Waals surface area contributed by atoms with Crippen molar-refractivity contribution in [2.45, 2.75) is 13.5 Å². The molecule has 0 spiro atoms. The van der Waals surface area contributed by atoms with Gasteiger partial charge >= 0.3 is 0 Å². The number of methoxy groups -OCH3 is 1. The first-order valence-electron chi connectivity index (χ1n) is 9.70. The molecule has 7 heteroatoms. The van der Waals surface area contributed by atoms with Crippen LogP contribution in [0, 0.1) is 0 Å². The highest BCUT2D eigenvalue weighted by Gasteiger charge is 2.06. The van der Waals surface area contributed by atoms with Gasteiger partial charge in [-0.2, -0.15) is 5.10 Å². The van der Waals surface area contributed by atoms with Gasteiger partial charge in [-0.3, -0.25) is 4.79 Å². The fraction of sp³-hybridized carbons (Fsp3) is 0.167. The number of carbonyl (C=O) groups excluding carboxylic acids is 1. The molecule has 0 aromatic heterocycles. The molecule has 1 amide bonds. The van der Waals surface area contributed by atoms with Gasteiger partial charge in [0.25, 0.3) is 5.91 Å². The fourth-order valence-electron chi connectivity index (χ4n) is 2.76. The van der Waals surface area contributed by atoms with Gasteiger partial charge in [-0.25, -0.2) is 5.43 Å². The maximum atomic E-state index is 12.4. The predicted octanol–water partition coefficient (Wildman–Crippen LogP) is 5.20. The van der Waals surface area contributed by atoms with E-state index in [-0.39, 0.29) is 5.91 Å².